The van der Waals surface area contributed by atoms with Gasteiger partial charge >= 0.3 is 0 Å². The van der Waals surface area contributed by atoms with Gasteiger partial charge in [-0.3, -0.25) is 0 Å². The Bertz CT molecular complexity index is 152. The van der Waals surface area contributed by atoms with Crippen LogP contribution in [-0.2, 0) is 0 Å². The van der Waals surface area contributed by atoms with E-state index in [-0.39, 0.29) is 0 Å². The molecule has 1 aliphatic carbocycles. The molecule has 3 atom stereocenters. The van der Waals surface area contributed by atoms with E-state index in [4.69, 9.17) is 5.73 Å². The van der Waals surface area contributed by atoms with Crippen LogP contribution in [0.3, 0.4) is 0 Å². The van der Waals surface area contributed by atoms with Crippen LogP contribution >= 0.6 is 0 Å². The quantitative estimate of drug-likeness (QED) is 0.704. The van der Waals surface area contributed by atoms with E-state index >= 15 is 0 Å². The van der Waals surface area contributed by atoms with Crippen LogP contribution in [-0.4, -0.2) is 30.6 Å². The highest BCUT2D eigenvalue weighted by atomic mass is 15.1. The summed E-state index contributed by atoms with van der Waals surface area (Å²) in [4.78, 5) is 2.46. The molecule has 0 amide bonds. The summed E-state index contributed by atoms with van der Waals surface area (Å²) >= 11 is 0. The maximum absolute atomic E-state index is 5.85. The molecule has 1 fully saturated rings. The van der Waals surface area contributed by atoms with Crippen molar-refractivity contribution < 1.29 is 0 Å². The van der Waals surface area contributed by atoms with Crippen LogP contribution in [0, 0.1) is 11.8 Å². The van der Waals surface area contributed by atoms with Crippen molar-refractivity contribution >= 4 is 0 Å². The molecule has 1 aliphatic rings. The molecule has 78 valence electrons. The fraction of sp³-hybridized carbons (Fsp3) is 1.00. The molecule has 0 aliphatic heterocycles. The van der Waals surface area contributed by atoms with Gasteiger partial charge in [0.25, 0.3) is 0 Å². The Morgan fingerprint density at radius 2 is 1.85 bits per heavy atom. The summed E-state index contributed by atoms with van der Waals surface area (Å²) in [6.45, 7) is 7.81. The smallest absolute Gasteiger partial charge is 0.00922 e. The van der Waals surface area contributed by atoms with Gasteiger partial charge < -0.3 is 10.6 Å². The number of hydrogen-bond acceptors (Lipinski definition) is 2. The molecule has 2 N–H and O–H groups in total. The van der Waals surface area contributed by atoms with Crippen LogP contribution < -0.4 is 5.73 Å². The molecular weight excluding hydrogens is 160 g/mol. The topological polar surface area (TPSA) is 29.3 Å². The van der Waals surface area contributed by atoms with Crippen molar-refractivity contribution in [3.8, 4) is 0 Å². The lowest BCUT2D eigenvalue weighted by atomic mass is 10.0. The average Bonchev–Trinajstić information content (AvgIpc) is 2.85. The van der Waals surface area contributed by atoms with E-state index in [9.17, 15) is 0 Å². The highest BCUT2D eigenvalue weighted by Gasteiger charge is 2.30. The molecule has 1 rings (SSSR count). The van der Waals surface area contributed by atoms with Crippen LogP contribution in [0.4, 0.5) is 0 Å². The third-order valence-electron chi connectivity index (χ3n) is 3.47. The van der Waals surface area contributed by atoms with Crippen LogP contribution in [0.5, 0.6) is 0 Å². The minimum absolute atomic E-state index is 0.314. The van der Waals surface area contributed by atoms with E-state index in [0.717, 1.165) is 18.5 Å². The Hall–Kier alpha value is -0.0800. The maximum atomic E-state index is 5.85. The summed E-state index contributed by atoms with van der Waals surface area (Å²) in [6, 6.07) is 1.06. The Labute approximate surface area is 82.5 Å². The molecule has 3 unspecified atom stereocenters. The fourth-order valence-electron chi connectivity index (χ4n) is 1.73. The van der Waals surface area contributed by atoms with E-state index < -0.39 is 0 Å². The third-order valence-corrected chi connectivity index (χ3v) is 3.47. The molecule has 0 saturated heterocycles. The second kappa shape index (κ2) is 4.43. The predicted molar refractivity (Wildman–Crippen MR) is 57.6 cm³/mol. The van der Waals surface area contributed by atoms with Crippen molar-refractivity contribution in [1.29, 1.82) is 0 Å². The summed E-state index contributed by atoms with van der Waals surface area (Å²) in [5.41, 5.74) is 5.85. The van der Waals surface area contributed by atoms with Gasteiger partial charge in [-0.25, -0.2) is 0 Å². The molecule has 0 aromatic rings. The van der Waals surface area contributed by atoms with E-state index in [2.05, 4.69) is 32.7 Å². The van der Waals surface area contributed by atoms with Crippen molar-refractivity contribution in [1.82, 2.24) is 4.90 Å². The molecule has 2 heteroatoms. The number of nitrogens with two attached hydrogens (primary N) is 1. The molecule has 0 radical (unpaired) electrons. The van der Waals surface area contributed by atoms with Gasteiger partial charge in [0, 0.05) is 18.6 Å². The molecule has 0 aromatic heterocycles. The van der Waals surface area contributed by atoms with Crippen LogP contribution in [0.15, 0.2) is 0 Å². The summed E-state index contributed by atoms with van der Waals surface area (Å²) in [6.07, 6.45) is 2.86. The lowest BCUT2D eigenvalue weighted by molar-refractivity contribution is 0.196. The minimum atomic E-state index is 0.314. The fourth-order valence-corrected chi connectivity index (χ4v) is 1.73. The summed E-state index contributed by atoms with van der Waals surface area (Å²) in [5, 5.41) is 0. The van der Waals surface area contributed by atoms with Crippen LogP contribution in [0.1, 0.15) is 33.6 Å². The minimum Gasteiger partial charge on any atom is -0.328 e. The first-order chi connectivity index (χ1) is 6.02. The van der Waals surface area contributed by atoms with Gasteiger partial charge in [-0.2, -0.15) is 0 Å². The molecule has 0 spiro atoms. The standard InChI is InChI=1S/C11H24N2/c1-8(9(2)12)7-13(4)10(3)11-5-6-11/h8-11H,5-7,12H2,1-4H3. The predicted octanol–water partition coefficient (Wildman–Crippen LogP) is 1.70. The second-order valence-corrected chi connectivity index (χ2v) is 4.85. The lowest BCUT2D eigenvalue weighted by Crippen LogP contribution is -2.39. The Morgan fingerprint density at radius 1 is 1.31 bits per heavy atom. The largest absolute Gasteiger partial charge is 0.328 e. The SMILES string of the molecule is CC(N)C(C)CN(C)C(C)C1CC1. The molecule has 2 nitrogen and oxygen atoms in total. The zero-order valence-corrected chi connectivity index (χ0v) is 9.46. The van der Waals surface area contributed by atoms with Crippen molar-refractivity contribution in [3.63, 3.8) is 0 Å². The van der Waals surface area contributed by atoms with Gasteiger partial charge in [0.2, 0.25) is 0 Å². The van der Waals surface area contributed by atoms with Crippen molar-refractivity contribution in [2.75, 3.05) is 13.6 Å². The Kier molecular flexibility index (Phi) is 3.74. The van der Waals surface area contributed by atoms with Crippen LogP contribution in [0.2, 0.25) is 0 Å². The van der Waals surface area contributed by atoms with Gasteiger partial charge in [-0.15, -0.1) is 0 Å². The average molecular weight is 184 g/mol. The molecule has 13 heavy (non-hydrogen) atoms. The first-order valence-corrected chi connectivity index (χ1v) is 5.48. The van der Waals surface area contributed by atoms with E-state index in [1.807, 2.05) is 0 Å². The normalized spacial score (nSPS) is 24.5. The molecule has 0 bridgehead atoms. The van der Waals surface area contributed by atoms with Crippen molar-refractivity contribution in [3.05, 3.63) is 0 Å². The summed E-state index contributed by atoms with van der Waals surface area (Å²) < 4.78 is 0. The molecule has 1 saturated carbocycles. The van der Waals surface area contributed by atoms with E-state index in [0.29, 0.717) is 12.0 Å². The van der Waals surface area contributed by atoms with E-state index in [1.165, 1.54) is 12.8 Å². The van der Waals surface area contributed by atoms with Gasteiger partial charge in [-0.05, 0) is 45.6 Å². The van der Waals surface area contributed by atoms with Gasteiger partial charge in [-0.1, -0.05) is 6.92 Å². The highest BCUT2D eigenvalue weighted by Crippen LogP contribution is 2.34. The summed E-state index contributed by atoms with van der Waals surface area (Å²) in [5.74, 6) is 1.57. The van der Waals surface area contributed by atoms with Crippen molar-refractivity contribution in [2.45, 2.75) is 45.7 Å². The van der Waals surface area contributed by atoms with Crippen LogP contribution in [0.25, 0.3) is 0 Å². The molecular formula is C11H24N2. The number of rotatable bonds is 5. The first-order valence-electron chi connectivity index (χ1n) is 5.48. The first kappa shape index (κ1) is 11.0. The zero-order chi connectivity index (χ0) is 10.0. The second-order valence-electron chi connectivity index (χ2n) is 4.85. The van der Waals surface area contributed by atoms with Gasteiger partial charge in [0.05, 0.1) is 0 Å². The third kappa shape index (κ3) is 3.28. The van der Waals surface area contributed by atoms with Crippen molar-refractivity contribution in [2.24, 2.45) is 17.6 Å². The summed E-state index contributed by atoms with van der Waals surface area (Å²) in [7, 11) is 2.22. The molecule has 0 heterocycles. The number of hydrogen-bond donors (Lipinski definition) is 1. The van der Waals surface area contributed by atoms with Gasteiger partial charge in [0.15, 0.2) is 0 Å². The van der Waals surface area contributed by atoms with Gasteiger partial charge in [0.1, 0.15) is 0 Å². The lowest BCUT2D eigenvalue weighted by Gasteiger charge is -2.29. The Balaban J connectivity index is 2.26. The monoisotopic (exact) mass is 184 g/mol. The maximum Gasteiger partial charge on any atom is 0.00922 e. The Morgan fingerprint density at radius 3 is 2.23 bits per heavy atom. The zero-order valence-electron chi connectivity index (χ0n) is 9.46. The highest BCUT2D eigenvalue weighted by molar-refractivity contribution is 4.85. The van der Waals surface area contributed by atoms with E-state index in [1.54, 1.807) is 0 Å². The molecule has 0 aromatic carbocycles. The number of nitrogens with zero attached hydrogens (tertiary/aromatic N) is 1.